The van der Waals surface area contributed by atoms with E-state index in [2.05, 4.69) is 33.7 Å². The smallest absolute Gasteiger partial charge is 0.230 e. The fourth-order valence-corrected chi connectivity index (χ4v) is 4.81. The van der Waals surface area contributed by atoms with Crippen LogP contribution in [-0.2, 0) is 11.3 Å². The molecule has 3 aromatic rings. The molecule has 0 unspecified atom stereocenters. The second kappa shape index (κ2) is 11.3. The molecule has 0 saturated heterocycles. The van der Waals surface area contributed by atoms with Crippen LogP contribution >= 0.6 is 23.4 Å². The van der Waals surface area contributed by atoms with Gasteiger partial charge in [-0.1, -0.05) is 77.5 Å². The van der Waals surface area contributed by atoms with Gasteiger partial charge in [-0.05, 0) is 49.8 Å². The standard InChI is InChI=1S/C25H27ClN4OS/c26-22-14-8-7-13-21(22)24-28-29-25(30(24)17-20-11-5-2-6-12-20)32-18-23(31)27-16-15-19-9-3-1-4-10-19/h2,5-9,11-14H,1,3-4,10,15-18H2,(H,27,31). The van der Waals surface area contributed by atoms with Gasteiger partial charge >= 0.3 is 0 Å². The van der Waals surface area contributed by atoms with E-state index in [0.29, 0.717) is 34.8 Å². The van der Waals surface area contributed by atoms with Crippen molar-refractivity contribution < 1.29 is 4.79 Å². The van der Waals surface area contributed by atoms with E-state index in [4.69, 9.17) is 11.6 Å². The van der Waals surface area contributed by atoms with Gasteiger partial charge in [0, 0.05) is 12.1 Å². The Morgan fingerprint density at radius 1 is 1.06 bits per heavy atom. The van der Waals surface area contributed by atoms with Gasteiger partial charge in [-0.3, -0.25) is 9.36 Å². The zero-order valence-corrected chi connectivity index (χ0v) is 19.5. The molecule has 1 aliphatic rings. The van der Waals surface area contributed by atoms with Crippen LogP contribution in [0.15, 0.2) is 71.4 Å². The minimum Gasteiger partial charge on any atom is -0.355 e. The lowest BCUT2D eigenvalue weighted by Crippen LogP contribution is -2.26. The molecule has 1 amide bonds. The molecule has 0 saturated carbocycles. The molecule has 0 spiro atoms. The Morgan fingerprint density at radius 2 is 1.88 bits per heavy atom. The number of allylic oxidation sites excluding steroid dienone is 1. The number of benzene rings is 2. The molecular weight excluding hydrogens is 440 g/mol. The van der Waals surface area contributed by atoms with Crippen molar-refractivity contribution in [3.8, 4) is 11.4 Å². The molecule has 7 heteroatoms. The zero-order chi connectivity index (χ0) is 22.2. The number of hydrogen-bond acceptors (Lipinski definition) is 4. The topological polar surface area (TPSA) is 59.8 Å². The molecule has 0 fully saturated rings. The number of carbonyl (C=O) groups excluding carboxylic acids is 1. The van der Waals surface area contributed by atoms with E-state index >= 15 is 0 Å². The SMILES string of the molecule is O=C(CSc1nnc(-c2ccccc2Cl)n1Cc1ccccc1)NCCC1=CCCCC1. The predicted molar refractivity (Wildman–Crippen MR) is 131 cm³/mol. The molecule has 1 heterocycles. The van der Waals surface area contributed by atoms with Gasteiger partial charge in [-0.25, -0.2) is 0 Å². The predicted octanol–water partition coefficient (Wildman–Crippen LogP) is 5.75. The van der Waals surface area contributed by atoms with E-state index in [1.807, 2.05) is 47.0 Å². The van der Waals surface area contributed by atoms with Gasteiger partial charge in [0.15, 0.2) is 11.0 Å². The third-order valence-electron chi connectivity index (χ3n) is 5.50. The maximum atomic E-state index is 12.4. The summed E-state index contributed by atoms with van der Waals surface area (Å²) < 4.78 is 2.03. The van der Waals surface area contributed by atoms with E-state index in [-0.39, 0.29) is 5.91 Å². The molecule has 0 bridgehead atoms. The Morgan fingerprint density at radius 3 is 2.66 bits per heavy atom. The molecule has 5 nitrogen and oxygen atoms in total. The lowest BCUT2D eigenvalue weighted by molar-refractivity contribution is -0.118. The molecule has 1 aromatic heterocycles. The number of carbonyl (C=O) groups is 1. The van der Waals surface area contributed by atoms with Crippen LogP contribution in [0.5, 0.6) is 0 Å². The van der Waals surface area contributed by atoms with Gasteiger partial charge < -0.3 is 5.32 Å². The quantitative estimate of drug-likeness (QED) is 0.322. The van der Waals surface area contributed by atoms with Crippen LogP contribution in [0.4, 0.5) is 0 Å². The van der Waals surface area contributed by atoms with E-state index < -0.39 is 0 Å². The van der Waals surface area contributed by atoms with Crippen molar-refractivity contribution in [2.24, 2.45) is 0 Å². The zero-order valence-electron chi connectivity index (χ0n) is 18.0. The van der Waals surface area contributed by atoms with Crippen LogP contribution in [0.1, 0.15) is 37.7 Å². The number of aromatic nitrogens is 3. The van der Waals surface area contributed by atoms with E-state index in [0.717, 1.165) is 24.0 Å². The summed E-state index contributed by atoms with van der Waals surface area (Å²) in [5.41, 5.74) is 3.43. The highest BCUT2D eigenvalue weighted by molar-refractivity contribution is 7.99. The van der Waals surface area contributed by atoms with Gasteiger partial charge in [-0.15, -0.1) is 10.2 Å². The summed E-state index contributed by atoms with van der Waals surface area (Å²) >= 11 is 7.84. The van der Waals surface area contributed by atoms with E-state index in [1.54, 1.807) is 0 Å². The molecular formula is C25H27ClN4OS. The molecule has 32 heavy (non-hydrogen) atoms. The third kappa shape index (κ3) is 6.02. The lowest BCUT2D eigenvalue weighted by atomic mass is 9.97. The van der Waals surface area contributed by atoms with Crippen molar-refractivity contribution >= 4 is 29.3 Å². The maximum absolute atomic E-state index is 12.4. The van der Waals surface area contributed by atoms with Crippen molar-refractivity contribution in [3.05, 3.63) is 76.8 Å². The Hall–Kier alpha value is -2.57. The van der Waals surface area contributed by atoms with Crippen molar-refractivity contribution in [1.29, 1.82) is 0 Å². The summed E-state index contributed by atoms with van der Waals surface area (Å²) in [5.74, 6) is 1.01. The molecule has 1 N–H and O–H groups in total. The third-order valence-corrected chi connectivity index (χ3v) is 6.80. The number of hydrogen-bond donors (Lipinski definition) is 1. The molecule has 166 valence electrons. The van der Waals surface area contributed by atoms with Gasteiger partial charge in [0.05, 0.1) is 17.3 Å². The summed E-state index contributed by atoms with van der Waals surface area (Å²) in [5, 5.41) is 13.2. The summed E-state index contributed by atoms with van der Waals surface area (Å²) in [4.78, 5) is 12.4. The van der Waals surface area contributed by atoms with Crippen LogP contribution < -0.4 is 5.32 Å². The Labute approximate surface area is 198 Å². The highest BCUT2D eigenvalue weighted by atomic mass is 35.5. The van der Waals surface area contributed by atoms with Gasteiger partial charge in [0.1, 0.15) is 0 Å². The molecule has 0 atom stereocenters. The van der Waals surface area contributed by atoms with Crippen molar-refractivity contribution in [3.63, 3.8) is 0 Å². The van der Waals surface area contributed by atoms with E-state index in [1.165, 1.54) is 36.6 Å². The first-order valence-corrected chi connectivity index (χ1v) is 12.4. The molecule has 0 radical (unpaired) electrons. The summed E-state index contributed by atoms with van der Waals surface area (Å²) in [6.45, 7) is 1.29. The first kappa shape index (κ1) is 22.6. The van der Waals surface area contributed by atoms with E-state index in [9.17, 15) is 4.79 Å². The largest absolute Gasteiger partial charge is 0.355 e. The van der Waals surface area contributed by atoms with Crippen molar-refractivity contribution in [1.82, 2.24) is 20.1 Å². The lowest BCUT2D eigenvalue weighted by Gasteiger charge is -2.13. The normalized spacial score (nSPS) is 13.6. The minimum absolute atomic E-state index is 0.0139. The highest BCUT2D eigenvalue weighted by Gasteiger charge is 2.18. The first-order valence-electron chi connectivity index (χ1n) is 11.0. The molecule has 4 rings (SSSR count). The first-order chi connectivity index (χ1) is 15.7. The number of nitrogens with zero attached hydrogens (tertiary/aromatic N) is 3. The van der Waals surface area contributed by atoms with Crippen LogP contribution in [0.25, 0.3) is 11.4 Å². The number of rotatable bonds is 9. The second-order valence-electron chi connectivity index (χ2n) is 7.85. The summed E-state index contributed by atoms with van der Waals surface area (Å²) in [6, 6.07) is 17.8. The average Bonchev–Trinajstić information content (AvgIpc) is 3.21. The Bertz CT molecular complexity index is 1080. The minimum atomic E-state index is 0.0139. The van der Waals surface area contributed by atoms with Crippen molar-refractivity contribution in [2.45, 2.75) is 43.8 Å². The van der Waals surface area contributed by atoms with Gasteiger partial charge in [0.2, 0.25) is 5.91 Å². The number of amides is 1. The number of thioether (sulfide) groups is 1. The van der Waals surface area contributed by atoms with Crippen molar-refractivity contribution in [2.75, 3.05) is 12.3 Å². The number of halogens is 1. The Kier molecular flexibility index (Phi) is 8.02. The van der Waals surface area contributed by atoms with Gasteiger partial charge in [0.25, 0.3) is 0 Å². The Balaban J connectivity index is 1.44. The second-order valence-corrected chi connectivity index (χ2v) is 9.20. The highest BCUT2D eigenvalue weighted by Crippen LogP contribution is 2.30. The fourth-order valence-electron chi connectivity index (χ4n) is 3.82. The molecule has 2 aromatic carbocycles. The van der Waals surface area contributed by atoms with Crippen LogP contribution in [-0.4, -0.2) is 33.0 Å². The van der Waals surface area contributed by atoms with Gasteiger partial charge in [-0.2, -0.15) is 0 Å². The number of nitrogens with one attached hydrogen (secondary N) is 1. The molecule has 1 aliphatic carbocycles. The fraction of sp³-hybridized carbons (Fsp3) is 0.320. The summed E-state index contributed by atoms with van der Waals surface area (Å²) in [6.07, 6.45) is 8.15. The van der Waals surface area contributed by atoms with Crippen LogP contribution in [0.3, 0.4) is 0 Å². The molecule has 0 aliphatic heterocycles. The van der Waals surface area contributed by atoms with Crippen LogP contribution in [0.2, 0.25) is 5.02 Å². The maximum Gasteiger partial charge on any atom is 0.230 e. The van der Waals surface area contributed by atoms with Crippen LogP contribution in [0, 0.1) is 0 Å². The monoisotopic (exact) mass is 466 g/mol. The summed E-state index contributed by atoms with van der Waals surface area (Å²) in [7, 11) is 0. The average molecular weight is 467 g/mol.